The van der Waals surface area contributed by atoms with Gasteiger partial charge in [0.15, 0.2) is 0 Å². The van der Waals surface area contributed by atoms with Crippen LogP contribution in [0.4, 0.5) is 11.8 Å². The third-order valence-corrected chi connectivity index (χ3v) is 4.73. The topological polar surface area (TPSA) is 84.0 Å². The molecule has 6 nitrogen and oxygen atoms in total. The average Bonchev–Trinajstić information content (AvgIpc) is 2.66. The summed E-state index contributed by atoms with van der Waals surface area (Å²) in [5.41, 5.74) is 0. The Morgan fingerprint density at radius 3 is 2.70 bits per heavy atom. The highest BCUT2D eigenvalue weighted by Gasteiger charge is 2.15. The van der Waals surface area contributed by atoms with Crippen LogP contribution in [0.1, 0.15) is 11.8 Å². The van der Waals surface area contributed by atoms with E-state index in [-0.39, 0.29) is 11.8 Å². The van der Waals surface area contributed by atoms with Gasteiger partial charge in [0.2, 0.25) is 5.95 Å². The number of aromatic nitrogens is 2. The molecular formula is C12H18N4O2S2. The molecule has 2 aromatic heterocycles. The predicted molar refractivity (Wildman–Crippen MR) is 84.5 cm³/mol. The molecule has 0 fully saturated rings. The number of nitrogens with zero attached hydrogens (tertiary/aromatic N) is 2. The zero-order valence-corrected chi connectivity index (χ0v) is 13.5. The minimum absolute atomic E-state index is 0.0660. The highest BCUT2D eigenvalue weighted by atomic mass is 32.2. The van der Waals surface area contributed by atoms with Crippen LogP contribution in [0.15, 0.2) is 6.07 Å². The van der Waals surface area contributed by atoms with Crippen molar-refractivity contribution >= 4 is 43.2 Å². The molecular weight excluding hydrogens is 296 g/mol. The van der Waals surface area contributed by atoms with E-state index >= 15 is 0 Å². The molecule has 1 unspecified atom stereocenters. The maximum absolute atomic E-state index is 11.3. The smallest absolute Gasteiger partial charge is 0.225 e. The number of hydrogen-bond acceptors (Lipinski definition) is 7. The lowest BCUT2D eigenvalue weighted by Gasteiger charge is -2.14. The van der Waals surface area contributed by atoms with Crippen LogP contribution < -0.4 is 10.6 Å². The maximum atomic E-state index is 11.3. The monoisotopic (exact) mass is 314 g/mol. The molecule has 8 heteroatoms. The van der Waals surface area contributed by atoms with Crippen molar-refractivity contribution in [3.05, 3.63) is 10.9 Å². The fraction of sp³-hybridized carbons (Fsp3) is 0.500. The molecule has 0 aliphatic heterocycles. The van der Waals surface area contributed by atoms with Gasteiger partial charge in [-0.15, -0.1) is 11.3 Å². The average molecular weight is 314 g/mol. The van der Waals surface area contributed by atoms with Crippen LogP contribution in [0, 0.1) is 6.92 Å². The second kappa shape index (κ2) is 5.53. The summed E-state index contributed by atoms with van der Waals surface area (Å²) in [4.78, 5) is 10.8. The summed E-state index contributed by atoms with van der Waals surface area (Å²) in [6, 6.07) is 1.79. The molecule has 1 atom stereocenters. The van der Waals surface area contributed by atoms with E-state index in [1.807, 2.05) is 19.9 Å². The molecule has 20 heavy (non-hydrogen) atoms. The van der Waals surface area contributed by atoms with E-state index in [1.54, 1.807) is 18.4 Å². The SMILES string of the molecule is CNc1nc(NC(C)CS(C)(=O)=O)c2cc(C)sc2n1. The molecule has 0 saturated heterocycles. The summed E-state index contributed by atoms with van der Waals surface area (Å²) in [5, 5.41) is 7.01. The molecule has 2 rings (SSSR count). The molecule has 110 valence electrons. The van der Waals surface area contributed by atoms with Gasteiger partial charge in [-0.25, -0.2) is 13.4 Å². The van der Waals surface area contributed by atoms with Crippen LogP contribution in [0.2, 0.25) is 0 Å². The van der Waals surface area contributed by atoms with Crippen molar-refractivity contribution in [2.45, 2.75) is 19.9 Å². The number of rotatable bonds is 5. The van der Waals surface area contributed by atoms with Gasteiger partial charge in [-0.05, 0) is 19.9 Å². The molecule has 0 saturated carbocycles. The standard InChI is InChI=1S/C12H18N4O2S2/c1-7(6-20(4,17)18)14-10-9-5-8(2)19-11(9)16-12(13-3)15-10/h5,7H,6H2,1-4H3,(H2,13,14,15,16). The Bertz CT molecular complexity index is 724. The molecule has 2 heterocycles. The quantitative estimate of drug-likeness (QED) is 0.877. The number of fused-ring (bicyclic) bond motifs is 1. The van der Waals surface area contributed by atoms with E-state index in [0.717, 1.165) is 15.1 Å². The minimum Gasteiger partial charge on any atom is -0.366 e. The lowest BCUT2D eigenvalue weighted by molar-refractivity contribution is 0.598. The van der Waals surface area contributed by atoms with Crippen LogP contribution in [-0.2, 0) is 9.84 Å². The number of nitrogens with one attached hydrogen (secondary N) is 2. The summed E-state index contributed by atoms with van der Waals surface area (Å²) in [6.45, 7) is 3.84. The normalized spacial score (nSPS) is 13.4. The molecule has 0 spiro atoms. The predicted octanol–water partition coefficient (Wildman–Crippen LogP) is 1.89. The van der Waals surface area contributed by atoms with Gasteiger partial charge >= 0.3 is 0 Å². The second-order valence-electron chi connectivity index (χ2n) is 4.86. The number of aryl methyl sites for hydroxylation is 1. The van der Waals surface area contributed by atoms with E-state index in [1.165, 1.54) is 6.26 Å². The number of anilines is 2. The number of sulfone groups is 1. The number of hydrogen-bond donors (Lipinski definition) is 2. The molecule has 0 radical (unpaired) electrons. The zero-order valence-electron chi connectivity index (χ0n) is 11.9. The van der Waals surface area contributed by atoms with Crippen molar-refractivity contribution in [3.63, 3.8) is 0 Å². The summed E-state index contributed by atoms with van der Waals surface area (Å²) < 4.78 is 22.7. The van der Waals surface area contributed by atoms with Gasteiger partial charge in [-0.1, -0.05) is 0 Å². The first-order valence-corrected chi connectivity index (χ1v) is 9.06. The molecule has 2 N–H and O–H groups in total. The zero-order chi connectivity index (χ0) is 14.9. The van der Waals surface area contributed by atoms with E-state index < -0.39 is 9.84 Å². The van der Waals surface area contributed by atoms with E-state index in [0.29, 0.717) is 11.8 Å². The van der Waals surface area contributed by atoms with E-state index in [9.17, 15) is 8.42 Å². The van der Waals surface area contributed by atoms with E-state index in [4.69, 9.17) is 0 Å². The van der Waals surface area contributed by atoms with Gasteiger partial charge in [0.05, 0.1) is 11.1 Å². The van der Waals surface area contributed by atoms with Gasteiger partial charge in [-0.3, -0.25) is 0 Å². The first-order chi connectivity index (χ1) is 9.28. The molecule has 0 amide bonds. The van der Waals surface area contributed by atoms with Crippen molar-refractivity contribution < 1.29 is 8.42 Å². The third-order valence-electron chi connectivity index (χ3n) is 2.68. The lowest BCUT2D eigenvalue weighted by atomic mass is 10.3. The fourth-order valence-corrected chi connectivity index (χ4v) is 3.86. The largest absolute Gasteiger partial charge is 0.366 e. The van der Waals surface area contributed by atoms with Crippen molar-refractivity contribution in [3.8, 4) is 0 Å². The van der Waals surface area contributed by atoms with Crippen molar-refractivity contribution in [1.29, 1.82) is 0 Å². The van der Waals surface area contributed by atoms with Crippen LogP contribution in [0.3, 0.4) is 0 Å². The molecule has 0 aliphatic carbocycles. The third kappa shape index (κ3) is 3.57. The highest BCUT2D eigenvalue weighted by Crippen LogP contribution is 2.29. The Balaban J connectivity index is 2.37. The Hall–Kier alpha value is -1.41. The van der Waals surface area contributed by atoms with Gasteiger partial charge in [0.25, 0.3) is 0 Å². The Labute approximate surface area is 122 Å². The van der Waals surface area contributed by atoms with Crippen molar-refractivity contribution in [1.82, 2.24) is 9.97 Å². The van der Waals surface area contributed by atoms with Crippen LogP contribution in [0.25, 0.3) is 10.2 Å². The summed E-state index contributed by atoms with van der Waals surface area (Å²) in [7, 11) is -1.27. The first kappa shape index (κ1) is 15.0. The molecule has 2 aromatic rings. The first-order valence-electron chi connectivity index (χ1n) is 6.18. The van der Waals surface area contributed by atoms with Crippen LogP contribution >= 0.6 is 11.3 Å². The van der Waals surface area contributed by atoms with Crippen LogP contribution in [-0.4, -0.2) is 43.5 Å². The van der Waals surface area contributed by atoms with E-state index in [2.05, 4.69) is 20.6 Å². The molecule has 0 aliphatic rings. The Kier molecular flexibility index (Phi) is 4.14. The van der Waals surface area contributed by atoms with Crippen LogP contribution in [0.5, 0.6) is 0 Å². The maximum Gasteiger partial charge on any atom is 0.225 e. The summed E-state index contributed by atoms with van der Waals surface area (Å²) in [5.74, 6) is 1.25. The Morgan fingerprint density at radius 2 is 2.10 bits per heavy atom. The van der Waals surface area contributed by atoms with Gasteiger partial charge in [-0.2, -0.15) is 4.98 Å². The van der Waals surface area contributed by atoms with Crippen molar-refractivity contribution in [2.75, 3.05) is 29.7 Å². The highest BCUT2D eigenvalue weighted by molar-refractivity contribution is 7.90. The molecule has 0 bridgehead atoms. The summed E-state index contributed by atoms with van der Waals surface area (Å²) >= 11 is 1.59. The molecule has 0 aromatic carbocycles. The summed E-state index contributed by atoms with van der Waals surface area (Å²) in [6.07, 6.45) is 1.23. The van der Waals surface area contributed by atoms with Gasteiger partial charge < -0.3 is 10.6 Å². The van der Waals surface area contributed by atoms with Gasteiger partial charge in [0.1, 0.15) is 20.5 Å². The number of thiophene rings is 1. The van der Waals surface area contributed by atoms with Crippen molar-refractivity contribution in [2.24, 2.45) is 0 Å². The fourth-order valence-electron chi connectivity index (χ4n) is 1.99. The second-order valence-corrected chi connectivity index (χ2v) is 8.28. The Morgan fingerprint density at radius 1 is 1.40 bits per heavy atom. The minimum atomic E-state index is -3.03. The lowest BCUT2D eigenvalue weighted by Crippen LogP contribution is -2.25. The van der Waals surface area contributed by atoms with Gasteiger partial charge in [0, 0.05) is 24.2 Å².